The highest BCUT2D eigenvalue weighted by molar-refractivity contribution is 6.02. The Morgan fingerprint density at radius 2 is 1.78 bits per heavy atom. The van der Waals surface area contributed by atoms with Gasteiger partial charge in [-0.15, -0.1) is 0 Å². The summed E-state index contributed by atoms with van der Waals surface area (Å²) in [7, 11) is 0. The van der Waals surface area contributed by atoms with Gasteiger partial charge in [-0.3, -0.25) is 4.79 Å². The van der Waals surface area contributed by atoms with Crippen molar-refractivity contribution >= 4 is 11.9 Å². The highest BCUT2D eigenvalue weighted by Crippen LogP contribution is 2.38. The van der Waals surface area contributed by atoms with E-state index in [2.05, 4.69) is 4.90 Å². The molecule has 1 fully saturated rings. The van der Waals surface area contributed by atoms with Crippen molar-refractivity contribution in [3.8, 4) is 0 Å². The second-order valence-corrected chi connectivity index (χ2v) is 11.0. The van der Waals surface area contributed by atoms with Gasteiger partial charge in [-0.1, -0.05) is 19.9 Å². The molecule has 1 amide bonds. The molecule has 1 aromatic rings. The summed E-state index contributed by atoms with van der Waals surface area (Å²) in [5, 5.41) is 0. The lowest BCUT2D eigenvalue weighted by Crippen LogP contribution is -2.46. The minimum Gasteiger partial charge on any atom is -0.462 e. The molecule has 0 N–H and O–H groups in total. The van der Waals surface area contributed by atoms with Crippen molar-refractivity contribution in [2.75, 3.05) is 39.5 Å². The molecule has 1 aromatic carbocycles. The van der Waals surface area contributed by atoms with E-state index in [1.165, 1.54) is 6.07 Å². The molecule has 37 heavy (non-hydrogen) atoms. The molecule has 1 saturated heterocycles. The van der Waals surface area contributed by atoms with Crippen molar-refractivity contribution in [2.24, 2.45) is 0 Å². The Morgan fingerprint density at radius 3 is 2.49 bits per heavy atom. The number of hydrogen-bond donors (Lipinski definition) is 0. The summed E-state index contributed by atoms with van der Waals surface area (Å²) in [6.07, 6.45) is -0.704. The third-order valence-corrected chi connectivity index (χ3v) is 7.82. The average Bonchev–Trinajstić information content (AvgIpc) is 2.88. The quantitative estimate of drug-likeness (QED) is 0.520. The number of ether oxygens (including phenoxy) is 2. The minimum absolute atomic E-state index is 0.0710. The lowest BCUT2D eigenvalue weighted by molar-refractivity contribution is -0.140. The van der Waals surface area contributed by atoms with Crippen LogP contribution >= 0.6 is 0 Å². The van der Waals surface area contributed by atoms with E-state index in [9.17, 15) is 22.8 Å². The first-order valence-electron chi connectivity index (χ1n) is 13.2. The lowest BCUT2D eigenvalue weighted by Gasteiger charge is -2.40. The molecule has 204 valence electrons. The SMILES string of the molecule is CC1=C(C(=O)N2Cc3cc(C(F)(F)F)ccc3C(C)(C)C2)CCCN(C2CCOCC2)CCCOC1=O. The Hall–Kier alpha value is -2.39. The first-order chi connectivity index (χ1) is 17.5. The fourth-order valence-electron chi connectivity index (χ4n) is 5.82. The second kappa shape index (κ2) is 11.2. The molecule has 0 bridgehead atoms. The predicted octanol–water partition coefficient (Wildman–Crippen LogP) is 4.85. The first-order valence-corrected chi connectivity index (χ1v) is 13.2. The number of carbonyl (C=O) groups excluding carboxylic acids is 2. The molecule has 4 rings (SSSR count). The van der Waals surface area contributed by atoms with E-state index in [0.29, 0.717) is 36.6 Å². The van der Waals surface area contributed by atoms with Crippen molar-refractivity contribution < 1.29 is 32.2 Å². The van der Waals surface area contributed by atoms with Crippen molar-refractivity contribution in [3.05, 3.63) is 46.0 Å². The third-order valence-electron chi connectivity index (χ3n) is 7.82. The minimum atomic E-state index is -4.46. The van der Waals surface area contributed by atoms with Gasteiger partial charge in [-0.05, 0) is 68.8 Å². The van der Waals surface area contributed by atoms with E-state index in [1.54, 1.807) is 11.8 Å². The summed E-state index contributed by atoms with van der Waals surface area (Å²) in [5.41, 5.74) is 0.725. The summed E-state index contributed by atoms with van der Waals surface area (Å²) < 4.78 is 51.2. The molecule has 3 aliphatic rings. The molecule has 0 aliphatic carbocycles. The van der Waals surface area contributed by atoms with Crippen LogP contribution in [0, 0.1) is 0 Å². The number of cyclic esters (lactones) is 1. The zero-order valence-electron chi connectivity index (χ0n) is 22.0. The van der Waals surface area contributed by atoms with Gasteiger partial charge in [0.15, 0.2) is 0 Å². The van der Waals surface area contributed by atoms with Crippen molar-refractivity contribution in [3.63, 3.8) is 0 Å². The van der Waals surface area contributed by atoms with E-state index in [0.717, 1.165) is 63.3 Å². The van der Waals surface area contributed by atoms with Gasteiger partial charge in [0.1, 0.15) is 0 Å². The van der Waals surface area contributed by atoms with Crippen molar-refractivity contribution in [2.45, 2.75) is 77.1 Å². The van der Waals surface area contributed by atoms with Gasteiger partial charge < -0.3 is 19.3 Å². The lowest BCUT2D eigenvalue weighted by atomic mass is 9.77. The van der Waals surface area contributed by atoms with Gasteiger partial charge in [0.25, 0.3) is 5.91 Å². The van der Waals surface area contributed by atoms with Gasteiger partial charge in [0.05, 0.1) is 12.2 Å². The number of fused-ring (bicyclic) bond motifs is 1. The summed E-state index contributed by atoms with van der Waals surface area (Å²) in [6, 6.07) is 4.20. The van der Waals surface area contributed by atoms with Crippen LogP contribution < -0.4 is 0 Å². The number of nitrogens with zero attached hydrogens (tertiary/aromatic N) is 2. The van der Waals surface area contributed by atoms with Crippen LogP contribution in [0.4, 0.5) is 13.2 Å². The van der Waals surface area contributed by atoms with E-state index in [-0.39, 0.29) is 24.6 Å². The maximum atomic E-state index is 13.8. The Balaban J connectivity index is 1.57. The molecule has 0 atom stereocenters. The predicted molar refractivity (Wildman–Crippen MR) is 133 cm³/mol. The Bertz CT molecular complexity index is 1040. The van der Waals surface area contributed by atoms with Crippen LogP contribution in [0.2, 0.25) is 0 Å². The zero-order chi connectivity index (χ0) is 26.8. The standard InChI is InChI=1S/C28H37F3N2O4/c1-19-23(6-4-11-32(12-5-13-37-26(19)35)22-9-14-36-15-10-22)25(34)33-17-20-16-21(28(29,30)31)7-8-24(20)27(2,3)18-33/h7-8,16,22H,4-6,9-15,17-18H2,1-3H3. The molecule has 0 spiro atoms. The summed E-state index contributed by atoms with van der Waals surface area (Å²) in [5.74, 6) is -0.804. The zero-order valence-corrected chi connectivity index (χ0v) is 22.0. The van der Waals surface area contributed by atoms with Crippen LogP contribution in [0.5, 0.6) is 0 Å². The Morgan fingerprint density at radius 1 is 1.08 bits per heavy atom. The molecule has 0 unspecified atom stereocenters. The third kappa shape index (κ3) is 6.37. The van der Waals surface area contributed by atoms with Gasteiger partial charge in [-0.25, -0.2) is 4.79 Å². The highest BCUT2D eigenvalue weighted by atomic mass is 19.4. The topological polar surface area (TPSA) is 59.1 Å². The number of esters is 1. The molecule has 0 saturated carbocycles. The number of carbonyl (C=O) groups is 2. The molecule has 3 heterocycles. The number of halogens is 3. The summed E-state index contributed by atoms with van der Waals surface area (Å²) >= 11 is 0. The normalized spacial score (nSPS) is 22.8. The van der Waals surface area contributed by atoms with Crippen LogP contribution in [0.25, 0.3) is 0 Å². The smallest absolute Gasteiger partial charge is 0.416 e. The van der Waals surface area contributed by atoms with Gasteiger partial charge in [0.2, 0.25) is 0 Å². The number of alkyl halides is 3. The van der Waals surface area contributed by atoms with Crippen LogP contribution in [0.3, 0.4) is 0 Å². The molecule has 3 aliphatic heterocycles. The van der Waals surface area contributed by atoms with Crippen LogP contribution in [0.15, 0.2) is 29.3 Å². The first kappa shape index (κ1) is 27.6. The van der Waals surface area contributed by atoms with Crippen LogP contribution in [-0.2, 0) is 37.2 Å². The maximum absolute atomic E-state index is 13.8. The van der Waals surface area contributed by atoms with Gasteiger partial charge >= 0.3 is 12.1 Å². The average molecular weight is 523 g/mol. The molecule has 0 aromatic heterocycles. The van der Waals surface area contributed by atoms with E-state index in [4.69, 9.17) is 9.47 Å². The number of hydrogen-bond acceptors (Lipinski definition) is 5. The second-order valence-electron chi connectivity index (χ2n) is 11.0. The summed E-state index contributed by atoms with van der Waals surface area (Å²) in [4.78, 5) is 30.6. The molecule has 0 radical (unpaired) electrons. The Kier molecular flexibility index (Phi) is 8.33. The molecule has 9 heteroatoms. The van der Waals surface area contributed by atoms with Crippen LogP contribution in [-0.4, -0.2) is 67.2 Å². The van der Waals surface area contributed by atoms with Crippen LogP contribution in [0.1, 0.15) is 69.6 Å². The van der Waals surface area contributed by atoms with E-state index < -0.39 is 23.1 Å². The number of amides is 1. The monoisotopic (exact) mass is 522 g/mol. The number of rotatable bonds is 2. The largest absolute Gasteiger partial charge is 0.462 e. The highest BCUT2D eigenvalue weighted by Gasteiger charge is 2.38. The fraction of sp³-hybridized carbons (Fsp3) is 0.643. The Labute approximate surface area is 216 Å². The van der Waals surface area contributed by atoms with E-state index in [1.807, 2.05) is 13.8 Å². The maximum Gasteiger partial charge on any atom is 0.416 e. The number of benzene rings is 1. The fourth-order valence-corrected chi connectivity index (χ4v) is 5.82. The van der Waals surface area contributed by atoms with E-state index >= 15 is 0 Å². The van der Waals surface area contributed by atoms with Gasteiger partial charge in [-0.2, -0.15) is 13.2 Å². The van der Waals surface area contributed by atoms with Gasteiger partial charge in [0, 0.05) is 55.5 Å². The molecular weight excluding hydrogens is 485 g/mol. The van der Waals surface area contributed by atoms with Crippen molar-refractivity contribution in [1.29, 1.82) is 0 Å². The molecule has 6 nitrogen and oxygen atoms in total. The summed E-state index contributed by atoms with van der Waals surface area (Å²) in [6.45, 7) is 9.27. The molecular formula is C28H37F3N2O4. The van der Waals surface area contributed by atoms with Crippen molar-refractivity contribution in [1.82, 2.24) is 9.80 Å².